The molecule has 0 aliphatic rings. The van der Waals surface area contributed by atoms with E-state index >= 15 is 0 Å². The number of nitrogens with one attached hydrogen (secondary N) is 1. The van der Waals surface area contributed by atoms with E-state index < -0.39 is 22.5 Å². The van der Waals surface area contributed by atoms with Crippen LogP contribution >= 0.6 is 0 Å². The first-order chi connectivity index (χ1) is 14.4. The van der Waals surface area contributed by atoms with Gasteiger partial charge in [0.05, 0.1) is 16.8 Å². The van der Waals surface area contributed by atoms with Gasteiger partial charge in [-0.15, -0.1) is 0 Å². The maximum Gasteiger partial charge on any atom is 0.264 e. The van der Waals surface area contributed by atoms with Crippen molar-refractivity contribution in [2.75, 3.05) is 10.8 Å². The van der Waals surface area contributed by atoms with E-state index in [1.807, 2.05) is 13.0 Å². The Balaban J connectivity index is 1.87. The quantitative estimate of drug-likeness (QED) is 0.468. The molecule has 1 amide bonds. The number of anilines is 1. The third-order valence-electron chi connectivity index (χ3n) is 4.37. The summed E-state index contributed by atoms with van der Waals surface area (Å²) in [4.78, 5) is 16.6. The van der Waals surface area contributed by atoms with Crippen molar-refractivity contribution in [2.24, 2.45) is 5.10 Å². The summed E-state index contributed by atoms with van der Waals surface area (Å²) in [6, 6.07) is 17.1. The number of aromatic nitrogens is 1. The van der Waals surface area contributed by atoms with Gasteiger partial charge in [-0.1, -0.05) is 42.0 Å². The SMILES string of the molecule is Cc1ccc(S(=O)(=O)N(CC(=O)N/N=C\c2cccnc2)c2ccccc2C)cc1. The second-order valence-corrected chi connectivity index (χ2v) is 8.55. The van der Waals surface area contributed by atoms with E-state index in [1.54, 1.807) is 61.8 Å². The number of aryl methyl sites for hydroxylation is 2. The van der Waals surface area contributed by atoms with Crippen LogP contribution < -0.4 is 9.73 Å². The fourth-order valence-corrected chi connectivity index (χ4v) is 4.26. The number of hydrogen-bond acceptors (Lipinski definition) is 5. The molecule has 3 rings (SSSR count). The van der Waals surface area contributed by atoms with Gasteiger partial charge in [0.15, 0.2) is 0 Å². The fourth-order valence-electron chi connectivity index (χ4n) is 2.78. The number of carbonyl (C=O) groups is 1. The molecule has 0 radical (unpaired) electrons. The van der Waals surface area contributed by atoms with E-state index in [4.69, 9.17) is 0 Å². The van der Waals surface area contributed by atoms with Crippen LogP contribution in [0.25, 0.3) is 0 Å². The van der Waals surface area contributed by atoms with Gasteiger partial charge in [-0.05, 0) is 43.7 Å². The van der Waals surface area contributed by atoms with Gasteiger partial charge in [0.2, 0.25) is 0 Å². The number of carbonyl (C=O) groups excluding carboxylic acids is 1. The molecule has 0 spiro atoms. The van der Waals surface area contributed by atoms with E-state index in [0.717, 1.165) is 15.4 Å². The van der Waals surface area contributed by atoms with Crippen LogP contribution in [0.5, 0.6) is 0 Å². The molecular weight excluding hydrogens is 400 g/mol. The van der Waals surface area contributed by atoms with Gasteiger partial charge in [-0.3, -0.25) is 14.1 Å². The number of amides is 1. The Labute approximate surface area is 176 Å². The number of hydrogen-bond donors (Lipinski definition) is 1. The number of benzene rings is 2. The van der Waals surface area contributed by atoms with Crippen molar-refractivity contribution in [1.29, 1.82) is 0 Å². The Bertz CT molecular complexity index is 1140. The van der Waals surface area contributed by atoms with Crippen LogP contribution in [0.4, 0.5) is 5.69 Å². The molecule has 0 fully saturated rings. The molecule has 8 heteroatoms. The van der Waals surface area contributed by atoms with Crippen molar-refractivity contribution in [1.82, 2.24) is 10.4 Å². The topological polar surface area (TPSA) is 91.7 Å². The maximum atomic E-state index is 13.3. The molecule has 7 nitrogen and oxygen atoms in total. The van der Waals surface area contributed by atoms with Crippen LogP contribution in [0.15, 0.2) is 83.1 Å². The zero-order valence-electron chi connectivity index (χ0n) is 16.7. The Kier molecular flexibility index (Phi) is 6.58. The molecule has 30 heavy (non-hydrogen) atoms. The van der Waals surface area contributed by atoms with Crippen molar-refractivity contribution in [3.8, 4) is 0 Å². The van der Waals surface area contributed by atoms with Crippen molar-refractivity contribution < 1.29 is 13.2 Å². The lowest BCUT2D eigenvalue weighted by Gasteiger charge is -2.25. The lowest BCUT2D eigenvalue weighted by atomic mass is 10.2. The van der Waals surface area contributed by atoms with Gasteiger partial charge in [0.1, 0.15) is 6.54 Å². The summed E-state index contributed by atoms with van der Waals surface area (Å²) < 4.78 is 27.8. The fraction of sp³-hybridized carbons (Fsp3) is 0.136. The number of para-hydroxylation sites is 1. The zero-order chi connectivity index (χ0) is 21.6. The third kappa shape index (κ3) is 5.09. The van der Waals surface area contributed by atoms with Gasteiger partial charge in [-0.2, -0.15) is 5.10 Å². The lowest BCUT2D eigenvalue weighted by Crippen LogP contribution is -2.40. The summed E-state index contributed by atoms with van der Waals surface area (Å²) in [7, 11) is -3.96. The molecule has 0 aliphatic heterocycles. The average Bonchev–Trinajstić information content (AvgIpc) is 2.74. The summed E-state index contributed by atoms with van der Waals surface area (Å²) >= 11 is 0. The van der Waals surface area contributed by atoms with Crippen molar-refractivity contribution in [3.05, 3.63) is 89.7 Å². The molecular formula is C22H22N4O3S. The normalized spacial score (nSPS) is 11.4. The summed E-state index contributed by atoms with van der Waals surface area (Å²) in [5.74, 6) is -0.561. The van der Waals surface area contributed by atoms with E-state index in [0.29, 0.717) is 11.3 Å². The van der Waals surface area contributed by atoms with Gasteiger partial charge in [0.25, 0.3) is 15.9 Å². The monoisotopic (exact) mass is 422 g/mol. The Hall–Kier alpha value is -3.52. The lowest BCUT2D eigenvalue weighted by molar-refractivity contribution is -0.119. The number of sulfonamides is 1. The van der Waals surface area contributed by atoms with E-state index in [1.165, 1.54) is 18.3 Å². The van der Waals surface area contributed by atoms with Crippen LogP contribution in [-0.2, 0) is 14.8 Å². The zero-order valence-corrected chi connectivity index (χ0v) is 17.5. The van der Waals surface area contributed by atoms with Gasteiger partial charge in [-0.25, -0.2) is 13.8 Å². The van der Waals surface area contributed by atoms with E-state index in [-0.39, 0.29) is 4.90 Å². The van der Waals surface area contributed by atoms with Crippen LogP contribution in [0.2, 0.25) is 0 Å². The summed E-state index contributed by atoms with van der Waals surface area (Å²) in [6.07, 6.45) is 4.67. The molecule has 3 aromatic rings. The van der Waals surface area contributed by atoms with Crippen molar-refractivity contribution in [2.45, 2.75) is 18.7 Å². The first kappa shape index (κ1) is 21.2. The highest BCUT2D eigenvalue weighted by atomic mass is 32.2. The van der Waals surface area contributed by atoms with Crippen LogP contribution in [0.3, 0.4) is 0 Å². The maximum absolute atomic E-state index is 13.3. The van der Waals surface area contributed by atoms with Gasteiger partial charge < -0.3 is 0 Å². The molecule has 1 heterocycles. The van der Waals surface area contributed by atoms with E-state index in [2.05, 4.69) is 15.5 Å². The molecule has 1 aromatic heterocycles. The number of pyridine rings is 1. The Morgan fingerprint density at radius 2 is 1.80 bits per heavy atom. The second-order valence-electron chi connectivity index (χ2n) is 6.69. The summed E-state index contributed by atoms with van der Waals surface area (Å²) in [6.45, 7) is 3.26. The highest BCUT2D eigenvalue weighted by Gasteiger charge is 2.28. The van der Waals surface area contributed by atoms with E-state index in [9.17, 15) is 13.2 Å². The van der Waals surface area contributed by atoms with Gasteiger partial charge >= 0.3 is 0 Å². The van der Waals surface area contributed by atoms with Crippen molar-refractivity contribution >= 4 is 27.8 Å². The number of rotatable bonds is 7. The molecule has 0 bridgehead atoms. The van der Waals surface area contributed by atoms with Crippen LogP contribution in [0, 0.1) is 13.8 Å². The molecule has 0 atom stereocenters. The molecule has 0 saturated heterocycles. The first-order valence-electron chi connectivity index (χ1n) is 9.25. The molecule has 2 aromatic carbocycles. The van der Waals surface area contributed by atoms with Crippen LogP contribution in [0.1, 0.15) is 16.7 Å². The minimum absolute atomic E-state index is 0.114. The Morgan fingerprint density at radius 1 is 1.07 bits per heavy atom. The standard InChI is InChI=1S/C22H22N4O3S/c1-17-9-11-20(12-10-17)30(28,29)26(21-8-4-3-6-18(21)2)16-22(27)25-24-15-19-7-5-13-23-14-19/h3-15H,16H2,1-2H3,(H,25,27)/b24-15-. The highest BCUT2D eigenvalue weighted by Crippen LogP contribution is 2.26. The predicted molar refractivity (Wildman–Crippen MR) is 117 cm³/mol. The summed E-state index contributed by atoms with van der Waals surface area (Å²) in [5, 5.41) is 3.89. The minimum Gasteiger partial charge on any atom is -0.271 e. The minimum atomic E-state index is -3.96. The largest absolute Gasteiger partial charge is 0.271 e. The highest BCUT2D eigenvalue weighted by molar-refractivity contribution is 7.92. The van der Waals surface area contributed by atoms with Gasteiger partial charge in [0, 0.05) is 18.0 Å². The Morgan fingerprint density at radius 3 is 2.47 bits per heavy atom. The summed E-state index contributed by atoms with van der Waals surface area (Å²) in [5.41, 5.74) is 5.20. The molecule has 1 N–H and O–H groups in total. The smallest absolute Gasteiger partial charge is 0.264 e. The number of nitrogens with zero attached hydrogens (tertiary/aromatic N) is 3. The molecule has 0 saturated carbocycles. The number of hydrazone groups is 1. The third-order valence-corrected chi connectivity index (χ3v) is 6.14. The molecule has 0 aliphatic carbocycles. The first-order valence-corrected chi connectivity index (χ1v) is 10.7. The predicted octanol–water partition coefficient (Wildman–Crippen LogP) is 3.04. The molecule has 154 valence electrons. The van der Waals surface area contributed by atoms with Crippen molar-refractivity contribution in [3.63, 3.8) is 0 Å². The second kappa shape index (κ2) is 9.32. The molecule has 0 unspecified atom stereocenters. The average molecular weight is 423 g/mol. The van der Waals surface area contributed by atoms with Crippen LogP contribution in [-0.4, -0.2) is 32.1 Å².